The van der Waals surface area contributed by atoms with E-state index < -0.39 is 0 Å². The molecule has 0 fully saturated rings. The fourth-order valence-electron chi connectivity index (χ4n) is 4.49. The molecule has 7 nitrogen and oxygen atoms in total. The highest BCUT2D eigenvalue weighted by Gasteiger charge is 2.23. The lowest BCUT2D eigenvalue weighted by Crippen LogP contribution is -2.14. The predicted molar refractivity (Wildman–Crippen MR) is 134 cm³/mol. The van der Waals surface area contributed by atoms with Gasteiger partial charge in [-0.3, -0.25) is 9.36 Å². The molecule has 0 spiro atoms. The Bertz CT molecular complexity index is 1500. The number of thiophene rings is 1. The number of hydrogen-bond donors (Lipinski definition) is 1. The molecule has 5 aromatic rings. The van der Waals surface area contributed by atoms with Crippen molar-refractivity contribution in [3.05, 3.63) is 81.1 Å². The number of rotatable bonds is 6. The first kappa shape index (κ1) is 21.4. The molecule has 172 valence electrons. The minimum absolute atomic E-state index is 0.0327. The summed E-state index contributed by atoms with van der Waals surface area (Å²) < 4.78 is 7.62. The molecule has 1 aliphatic carbocycles. The van der Waals surface area contributed by atoms with Crippen LogP contribution >= 0.6 is 23.1 Å². The summed E-state index contributed by atoms with van der Waals surface area (Å²) in [7, 11) is 0. The van der Waals surface area contributed by atoms with Gasteiger partial charge in [0.1, 0.15) is 16.4 Å². The van der Waals surface area contributed by atoms with Crippen LogP contribution in [0, 0.1) is 5.92 Å². The summed E-state index contributed by atoms with van der Waals surface area (Å²) in [5.74, 6) is 3.41. The molecule has 0 bridgehead atoms. The first-order valence-electron chi connectivity index (χ1n) is 11.3. The van der Waals surface area contributed by atoms with E-state index in [-0.39, 0.29) is 5.56 Å². The monoisotopic (exact) mass is 489 g/mol. The van der Waals surface area contributed by atoms with Gasteiger partial charge in [-0.2, -0.15) is 0 Å². The molecule has 0 amide bonds. The maximum absolute atomic E-state index is 12.9. The number of thioether (sulfide) groups is 1. The van der Waals surface area contributed by atoms with Gasteiger partial charge in [-0.25, -0.2) is 4.98 Å². The van der Waals surface area contributed by atoms with Crippen LogP contribution in [-0.4, -0.2) is 24.7 Å². The molecule has 1 atom stereocenters. The zero-order valence-corrected chi connectivity index (χ0v) is 20.3. The lowest BCUT2D eigenvalue weighted by atomic mass is 9.89. The summed E-state index contributed by atoms with van der Waals surface area (Å²) in [6.45, 7) is 2.79. The van der Waals surface area contributed by atoms with Crippen LogP contribution in [0.25, 0.3) is 21.6 Å². The molecule has 1 N–H and O–H groups in total. The third kappa shape index (κ3) is 3.99. The van der Waals surface area contributed by atoms with Crippen molar-refractivity contribution in [1.82, 2.24) is 24.7 Å². The van der Waals surface area contributed by atoms with Crippen molar-refractivity contribution in [3.8, 4) is 11.4 Å². The van der Waals surface area contributed by atoms with E-state index >= 15 is 0 Å². The van der Waals surface area contributed by atoms with Crippen LogP contribution in [0.15, 0.2) is 63.1 Å². The first-order chi connectivity index (χ1) is 16.7. The van der Waals surface area contributed by atoms with Crippen molar-refractivity contribution in [2.24, 2.45) is 5.92 Å². The Hall–Kier alpha value is -3.17. The van der Waals surface area contributed by atoms with E-state index in [9.17, 15) is 4.79 Å². The standard InChI is InChI=1S/C25H23N5O2S2/c1-15-9-10-18-19(12-15)34-24-21(18)23(31)26-20(27-24)14-33-25-29-28-22(16-6-3-2-4-7-16)30(25)13-17-8-5-11-32-17/h2-8,11,15H,9-10,12-14H2,1H3,(H,26,27,31). The maximum atomic E-state index is 12.9. The number of nitrogens with one attached hydrogen (secondary N) is 1. The molecule has 6 rings (SSSR count). The molecular formula is C25H23N5O2S2. The summed E-state index contributed by atoms with van der Waals surface area (Å²) in [5.41, 5.74) is 2.16. The smallest absolute Gasteiger partial charge is 0.259 e. The van der Waals surface area contributed by atoms with Gasteiger partial charge in [-0.05, 0) is 42.9 Å². The fourth-order valence-corrected chi connectivity index (χ4v) is 6.70. The molecular weight excluding hydrogens is 466 g/mol. The number of H-pyrrole nitrogens is 1. The molecule has 4 heterocycles. The van der Waals surface area contributed by atoms with Crippen molar-refractivity contribution >= 4 is 33.3 Å². The van der Waals surface area contributed by atoms with Crippen LogP contribution < -0.4 is 5.56 Å². The normalized spacial score (nSPS) is 15.6. The third-order valence-electron chi connectivity index (χ3n) is 6.20. The van der Waals surface area contributed by atoms with Gasteiger partial charge in [0.2, 0.25) is 0 Å². The van der Waals surface area contributed by atoms with Crippen molar-refractivity contribution in [2.45, 2.75) is 43.6 Å². The highest BCUT2D eigenvalue weighted by Crippen LogP contribution is 2.36. The molecule has 9 heteroatoms. The van der Waals surface area contributed by atoms with Gasteiger partial charge in [0.25, 0.3) is 5.56 Å². The largest absolute Gasteiger partial charge is 0.467 e. The highest BCUT2D eigenvalue weighted by atomic mass is 32.2. The van der Waals surface area contributed by atoms with Crippen LogP contribution in [0.4, 0.5) is 0 Å². The van der Waals surface area contributed by atoms with Gasteiger partial charge in [0.15, 0.2) is 11.0 Å². The van der Waals surface area contributed by atoms with Gasteiger partial charge in [-0.15, -0.1) is 21.5 Å². The number of furan rings is 1. The van der Waals surface area contributed by atoms with Crippen LogP contribution in [0.1, 0.15) is 35.4 Å². The van der Waals surface area contributed by atoms with E-state index in [2.05, 4.69) is 22.1 Å². The number of aromatic amines is 1. The van der Waals surface area contributed by atoms with Crippen LogP contribution in [0.3, 0.4) is 0 Å². The van der Waals surface area contributed by atoms with Crippen molar-refractivity contribution in [1.29, 1.82) is 0 Å². The minimum atomic E-state index is -0.0327. The quantitative estimate of drug-likeness (QED) is 0.326. The summed E-state index contributed by atoms with van der Waals surface area (Å²) in [6, 6.07) is 13.8. The first-order valence-corrected chi connectivity index (χ1v) is 13.1. The van der Waals surface area contributed by atoms with E-state index in [4.69, 9.17) is 9.40 Å². The van der Waals surface area contributed by atoms with Gasteiger partial charge in [0.05, 0.1) is 23.9 Å². The van der Waals surface area contributed by atoms with Crippen LogP contribution in [0.2, 0.25) is 0 Å². The molecule has 4 aromatic heterocycles. The molecule has 34 heavy (non-hydrogen) atoms. The molecule has 1 aromatic carbocycles. The summed E-state index contributed by atoms with van der Waals surface area (Å²) in [4.78, 5) is 23.0. The Morgan fingerprint density at radius 2 is 2.09 bits per heavy atom. The number of aryl methyl sites for hydroxylation is 1. The lowest BCUT2D eigenvalue weighted by Gasteiger charge is -2.17. The molecule has 1 aliphatic rings. The van der Waals surface area contributed by atoms with Gasteiger partial charge < -0.3 is 9.40 Å². The molecule has 1 unspecified atom stereocenters. The van der Waals surface area contributed by atoms with Gasteiger partial charge in [-0.1, -0.05) is 49.0 Å². The van der Waals surface area contributed by atoms with Crippen molar-refractivity contribution < 1.29 is 4.42 Å². The van der Waals surface area contributed by atoms with Crippen molar-refractivity contribution in [2.75, 3.05) is 0 Å². The van der Waals surface area contributed by atoms with Gasteiger partial charge >= 0.3 is 0 Å². The van der Waals surface area contributed by atoms with E-state index in [1.54, 1.807) is 17.6 Å². The Kier molecular flexibility index (Phi) is 5.58. The summed E-state index contributed by atoms with van der Waals surface area (Å²) >= 11 is 3.18. The maximum Gasteiger partial charge on any atom is 0.259 e. The second-order valence-corrected chi connectivity index (χ2v) is 10.7. The predicted octanol–water partition coefficient (Wildman–Crippen LogP) is 5.30. The third-order valence-corrected chi connectivity index (χ3v) is 8.32. The summed E-state index contributed by atoms with van der Waals surface area (Å²) in [5, 5.41) is 10.4. The second kappa shape index (κ2) is 8.88. The van der Waals surface area contributed by atoms with Crippen molar-refractivity contribution in [3.63, 3.8) is 0 Å². The molecule has 0 saturated heterocycles. The second-order valence-electron chi connectivity index (χ2n) is 8.67. The zero-order chi connectivity index (χ0) is 23.1. The SMILES string of the molecule is CC1CCc2c(sc3nc(CSc4nnc(-c5ccccc5)n4Cc4ccco4)[nH]c(=O)c23)C1. The molecule has 0 aliphatic heterocycles. The number of nitrogens with zero attached hydrogens (tertiary/aromatic N) is 4. The van der Waals surface area contributed by atoms with E-state index in [0.29, 0.717) is 24.0 Å². The molecule has 0 radical (unpaired) electrons. The number of aromatic nitrogens is 5. The zero-order valence-electron chi connectivity index (χ0n) is 18.7. The van der Waals surface area contributed by atoms with E-state index in [1.165, 1.54) is 22.2 Å². The van der Waals surface area contributed by atoms with E-state index in [0.717, 1.165) is 51.8 Å². The highest BCUT2D eigenvalue weighted by molar-refractivity contribution is 7.98. The lowest BCUT2D eigenvalue weighted by molar-refractivity contribution is 0.485. The average Bonchev–Trinajstić information content (AvgIpc) is 3.57. The molecule has 0 saturated carbocycles. The Balaban J connectivity index is 1.31. The number of hydrogen-bond acceptors (Lipinski definition) is 7. The Morgan fingerprint density at radius 3 is 2.91 bits per heavy atom. The van der Waals surface area contributed by atoms with Gasteiger partial charge in [0, 0.05) is 10.4 Å². The Labute approximate surface area is 204 Å². The fraction of sp³-hybridized carbons (Fsp3) is 0.280. The Morgan fingerprint density at radius 1 is 1.21 bits per heavy atom. The van der Waals surface area contributed by atoms with Crippen LogP contribution in [-0.2, 0) is 25.1 Å². The number of fused-ring (bicyclic) bond motifs is 3. The topological polar surface area (TPSA) is 89.6 Å². The number of benzene rings is 1. The summed E-state index contributed by atoms with van der Waals surface area (Å²) in [6.07, 6.45) is 4.80. The average molecular weight is 490 g/mol. The minimum Gasteiger partial charge on any atom is -0.467 e. The van der Waals surface area contributed by atoms with E-state index in [1.807, 2.05) is 47.0 Å². The van der Waals surface area contributed by atoms with Crippen LogP contribution in [0.5, 0.6) is 0 Å².